The molecule has 2 amide bonds. The minimum absolute atomic E-state index is 0.0403. The number of hydrogen-bond acceptors (Lipinski definition) is 3. The normalized spacial score (nSPS) is 29.8. The highest BCUT2D eigenvalue weighted by Crippen LogP contribution is 2.14. The van der Waals surface area contributed by atoms with E-state index < -0.39 is 0 Å². The van der Waals surface area contributed by atoms with Gasteiger partial charge in [0, 0.05) is 19.5 Å². The SMILES string of the molecule is CC1(NC(=O)CN2CCCC2=O)CCNC1. The molecule has 1 unspecified atom stereocenters. The maximum Gasteiger partial charge on any atom is 0.240 e. The Hall–Kier alpha value is -1.10. The van der Waals surface area contributed by atoms with E-state index in [-0.39, 0.29) is 23.9 Å². The average molecular weight is 225 g/mol. The van der Waals surface area contributed by atoms with Crippen LogP contribution in [0.4, 0.5) is 0 Å². The zero-order valence-corrected chi connectivity index (χ0v) is 9.71. The van der Waals surface area contributed by atoms with Gasteiger partial charge >= 0.3 is 0 Å². The molecule has 2 heterocycles. The summed E-state index contributed by atoms with van der Waals surface area (Å²) in [5.41, 5.74) is -0.139. The smallest absolute Gasteiger partial charge is 0.240 e. The molecule has 1 atom stereocenters. The molecule has 5 heteroatoms. The second-order valence-electron chi connectivity index (χ2n) is 4.95. The highest BCUT2D eigenvalue weighted by atomic mass is 16.2. The summed E-state index contributed by atoms with van der Waals surface area (Å²) in [4.78, 5) is 24.8. The first kappa shape index (κ1) is 11.4. The van der Waals surface area contributed by atoms with Crippen LogP contribution in [0.2, 0.25) is 0 Å². The average Bonchev–Trinajstić information content (AvgIpc) is 2.77. The molecule has 0 aliphatic carbocycles. The molecule has 2 saturated heterocycles. The molecule has 2 fully saturated rings. The maximum atomic E-state index is 11.8. The molecule has 0 bridgehead atoms. The van der Waals surface area contributed by atoms with Crippen LogP contribution >= 0.6 is 0 Å². The van der Waals surface area contributed by atoms with E-state index in [0.29, 0.717) is 6.42 Å². The van der Waals surface area contributed by atoms with Crippen LogP contribution in [-0.4, -0.2) is 48.4 Å². The number of amides is 2. The van der Waals surface area contributed by atoms with Gasteiger partial charge in [0.2, 0.25) is 11.8 Å². The second-order valence-corrected chi connectivity index (χ2v) is 4.95. The minimum Gasteiger partial charge on any atom is -0.348 e. The molecule has 0 radical (unpaired) electrons. The van der Waals surface area contributed by atoms with Gasteiger partial charge in [-0.15, -0.1) is 0 Å². The third-order valence-corrected chi connectivity index (χ3v) is 3.32. The van der Waals surface area contributed by atoms with Crippen LogP contribution < -0.4 is 10.6 Å². The van der Waals surface area contributed by atoms with Gasteiger partial charge < -0.3 is 15.5 Å². The topological polar surface area (TPSA) is 61.4 Å². The van der Waals surface area contributed by atoms with Crippen LogP contribution in [0.1, 0.15) is 26.2 Å². The number of carbonyl (C=O) groups is 2. The lowest BCUT2D eigenvalue weighted by molar-refractivity contribution is -0.133. The van der Waals surface area contributed by atoms with E-state index in [1.54, 1.807) is 4.90 Å². The van der Waals surface area contributed by atoms with Gasteiger partial charge in [-0.1, -0.05) is 0 Å². The quantitative estimate of drug-likeness (QED) is 0.679. The molecule has 5 nitrogen and oxygen atoms in total. The summed E-state index contributed by atoms with van der Waals surface area (Å²) in [6.07, 6.45) is 2.42. The van der Waals surface area contributed by atoms with E-state index in [9.17, 15) is 9.59 Å². The number of nitrogens with zero attached hydrogens (tertiary/aromatic N) is 1. The summed E-state index contributed by atoms with van der Waals surface area (Å²) < 4.78 is 0. The number of nitrogens with one attached hydrogen (secondary N) is 2. The third-order valence-electron chi connectivity index (χ3n) is 3.32. The number of likely N-dealkylation sites (tertiary alicyclic amines) is 1. The molecular formula is C11H19N3O2. The summed E-state index contributed by atoms with van der Waals surface area (Å²) in [5.74, 6) is 0.0614. The summed E-state index contributed by atoms with van der Waals surface area (Å²) in [5, 5.41) is 6.23. The number of rotatable bonds is 3. The van der Waals surface area contributed by atoms with Crippen molar-refractivity contribution in [2.24, 2.45) is 0 Å². The van der Waals surface area contributed by atoms with Crippen molar-refractivity contribution < 1.29 is 9.59 Å². The fraction of sp³-hybridized carbons (Fsp3) is 0.818. The van der Waals surface area contributed by atoms with Crippen LogP contribution in [0.15, 0.2) is 0 Å². The van der Waals surface area contributed by atoms with Crippen LogP contribution in [0.5, 0.6) is 0 Å². The fourth-order valence-corrected chi connectivity index (χ4v) is 2.34. The molecule has 0 aromatic heterocycles. The zero-order chi connectivity index (χ0) is 11.6. The summed E-state index contributed by atoms with van der Waals surface area (Å²) in [6, 6.07) is 0. The van der Waals surface area contributed by atoms with Crippen LogP contribution in [0, 0.1) is 0 Å². The van der Waals surface area contributed by atoms with Gasteiger partial charge in [0.15, 0.2) is 0 Å². The summed E-state index contributed by atoms with van der Waals surface area (Å²) in [6.45, 7) is 4.73. The Balaban J connectivity index is 1.82. The minimum atomic E-state index is -0.139. The molecule has 90 valence electrons. The number of carbonyl (C=O) groups excluding carboxylic acids is 2. The van der Waals surface area contributed by atoms with E-state index in [1.165, 1.54) is 0 Å². The van der Waals surface area contributed by atoms with Crippen molar-refractivity contribution in [2.75, 3.05) is 26.2 Å². The Morgan fingerprint density at radius 3 is 3.00 bits per heavy atom. The van der Waals surface area contributed by atoms with Crippen molar-refractivity contribution in [3.05, 3.63) is 0 Å². The molecule has 2 aliphatic heterocycles. The van der Waals surface area contributed by atoms with Crippen molar-refractivity contribution in [1.29, 1.82) is 0 Å². The van der Waals surface area contributed by atoms with Gasteiger partial charge in [0.25, 0.3) is 0 Å². The molecule has 0 saturated carbocycles. The standard InChI is InChI=1S/C11H19N3O2/c1-11(4-5-12-8-11)13-9(15)7-14-6-2-3-10(14)16/h12H,2-8H2,1H3,(H,13,15). The van der Waals surface area contributed by atoms with Gasteiger partial charge in [-0.2, -0.15) is 0 Å². The Kier molecular flexibility index (Phi) is 3.14. The Morgan fingerprint density at radius 2 is 2.44 bits per heavy atom. The lowest BCUT2D eigenvalue weighted by Crippen LogP contribution is -2.50. The third kappa shape index (κ3) is 2.52. The predicted octanol–water partition coefficient (Wildman–Crippen LogP) is -0.523. The van der Waals surface area contributed by atoms with Gasteiger partial charge in [0.05, 0.1) is 12.1 Å². The molecule has 0 aromatic rings. The second kappa shape index (κ2) is 4.41. The Bertz CT molecular complexity index is 298. The van der Waals surface area contributed by atoms with Crippen molar-refractivity contribution in [2.45, 2.75) is 31.7 Å². The fourth-order valence-electron chi connectivity index (χ4n) is 2.34. The Labute approximate surface area is 95.6 Å². The van der Waals surface area contributed by atoms with Crippen LogP contribution in [0.3, 0.4) is 0 Å². The van der Waals surface area contributed by atoms with Crippen LogP contribution in [-0.2, 0) is 9.59 Å². The van der Waals surface area contributed by atoms with Crippen molar-refractivity contribution in [3.63, 3.8) is 0 Å². The van der Waals surface area contributed by atoms with Crippen molar-refractivity contribution in [3.8, 4) is 0 Å². The highest BCUT2D eigenvalue weighted by Gasteiger charge is 2.31. The molecule has 16 heavy (non-hydrogen) atoms. The van der Waals surface area contributed by atoms with Gasteiger partial charge in [-0.25, -0.2) is 0 Å². The first-order valence-electron chi connectivity index (χ1n) is 5.89. The van der Waals surface area contributed by atoms with Gasteiger partial charge in [0.1, 0.15) is 0 Å². The van der Waals surface area contributed by atoms with E-state index >= 15 is 0 Å². The van der Waals surface area contributed by atoms with E-state index in [1.807, 2.05) is 6.92 Å². The van der Waals surface area contributed by atoms with Gasteiger partial charge in [-0.05, 0) is 26.3 Å². The molecule has 0 spiro atoms. The zero-order valence-electron chi connectivity index (χ0n) is 9.71. The van der Waals surface area contributed by atoms with E-state index in [0.717, 1.165) is 32.5 Å². The first-order valence-corrected chi connectivity index (χ1v) is 5.89. The maximum absolute atomic E-state index is 11.8. The molecule has 2 rings (SSSR count). The lowest BCUT2D eigenvalue weighted by atomic mass is 10.0. The van der Waals surface area contributed by atoms with Crippen molar-refractivity contribution in [1.82, 2.24) is 15.5 Å². The monoisotopic (exact) mass is 225 g/mol. The predicted molar refractivity (Wildman–Crippen MR) is 59.8 cm³/mol. The Morgan fingerprint density at radius 1 is 1.62 bits per heavy atom. The molecule has 2 N–H and O–H groups in total. The lowest BCUT2D eigenvalue weighted by Gasteiger charge is -2.26. The molecule has 0 aromatic carbocycles. The highest BCUT2D eigenvalue weighted by molar-refractivity contribution is 5.86. The van der Waals surface area contributed by atoms with E-state index in [4.69, 9.17) is 0 Å². The summed E-state index contributed by atoms with van der Waals surface area (Å²) >= 11 is 0. The van der Waals surface area contributed by atoms with Crippen molar-refractivity contribution >= 4 is 11.8 Å². The molecular weight excluding hydrogens is 206 g/mol. The number of hydrogen-bond donors (Lipinski definition) is 2. The molecule has 2 aliphatic rings. The van der Waals surface area contributed by atoms with E-state index in [2.05, 4.69) is 10.6 Å². The van der Waals surface area contributed by atoms with Gasteiger partial charge in [-0.3, -0.25) is 9.59 Å². The van der Waals surface area contributed by atoms with Crippen LogP contribution in [0.25, 0.3) is 0 Å². The first-order chi connectivity index (χ1) is 7.59. The largest absolute Gasteiger partial charge is 0.348 e. The summed E-state index contributed by atoms with van der Waals surface area (Å²) in [7, 11) is 0.